The maximum atomic E-state index is 11.8. The zero-order valence-corrected chi connectivity index (χ0v) is 13.6. The highest BCUT2D eigenvalue weighted by molar-refractivity contribution is 5.85. The fourth-order valence-electron chi connectivity index (χ4n) is 1.83. The number of hydrogen-bond acceptors (Lipinski definition) is 4. The van der Waals surface area contributed by atoms with Crippen LogP contribution in [0.3, 0.4) is 0 Å². The number of carbonyl (C=O) groups is 1. The van der Waals surface area contributed by atoms with Gasteiger partial charge in [-0.1, -0.05) is 19.9 Å². The highest BCUT2D eigenvalue weighted by atomic mass is 16.6. The molecule has 5 heteroatoms. The number of amides is 1. The minimum Gasteiger partial charge on any atom is -0.496 e. The molecule has 0 aromatic heterocycles. The molecule has 0 aliphatic rings. The number of aliphatic hydroxyl groups is 1. The third-order valence-electron chi connectivity index (χ3n) is 2.97. The van der Waals surface area contributed by atoms with Gasteiger partial charge in [-0.15, -0.1) is 0 Å². The van der Waals surface area contributed by atoms with Crippen LogP contribution >= 0.6 is 0 Å². The van der Waals surface area contributed by atoms with E-state index in [1.54, 1.807) is 40.0 Å². The van der Waals surface area contributed by atoms with Gasteiger partial charge in [0, 0.05) is 22.7 Å². The zero-order chi connectivity index (χ0) is 16.3. The Hall–Kier alpha value is -1.75. The second-order valence-electron chi connectivity index (χ2n) is 6.58. The van der Waals surface area contributed by atoms with Crippen LogP contribution in [0.15, 0.2) is 18.2 Å². The molecule has 0 spiro atoms. The summed E-state index contributed by atoms with van der Waals surface area (Å²) in [5.41, 5.74) is 0.490. The average Bonchev–Trinajstić information content (AvgIpc) is 2.36. The first-order chi connectivity index (χ1) is 9.59. The van der Waals surface area contributed by atoms with E-state index >= 15 is 0 Å². The molecule has 0 radical (unpaired) electrons. The molecule has 1 amide bonds. The van der Waals surface area contributed by atoms with Crippen LogP contribution in [0.2, 0.25) is 0 Å². The largest absolute Gasteiger partial charge is 0.496 e. The number of ether oxygens (including phenoxy) is 2. The summed E-state index contributed by atoms with van der Waals surface area (Å²) in [6, 6.07) is 5.32. The van der Waals surface area contributed by atoms with E-state index in [4.69, 9.17) is 9.47 Å². The average molecular weight is 295 g/mol. The molecule has 0 bridgehead atoms. The minimum atomic E-state index is -0.549. The van der Waals surface area contributed by atoms with Gasteiger partial charge in [-0.3, -0.25) is 5.32 Å². The van der Waals surface area contributed by atoms with E-state index in [9.17, 15) is 9.90 Å². The maximum absolute atomic E-state index is 11.8. The first kappa shape index (κ1) is 17.3. The van der Waals surface area contributed by atoms with Crippen molar-refractivity contribution in [1.29, 1.82) is 0 Å². The van der Waals surface area contributed by atoms with Crippen molar-refractivity contribution in [2.45, 2.75) is 45.6 Å². The lowest BCUT2D eigenvalue weighted by Gasteiger charge is -2.25. The molecule has 0 heterocycles. The van der Waals surface area contributed by atoms with Crippen LogP contribution in [0.1, 0.15) is 40.2 Å². The van der Waals surface area contributed by atoms with Crippen molar-refractivity contribution in [3.8, 4) is 5.75 Å². The van der Waals surface area contributed by atoms with Crippen LogP contribution in [0.5, 0.6) is 5.75 Å². The Balaban J connectivity index is 2.96. The van der Waals surface area contributed by atoms with Gasteiger partial charge in [0.05, 0.1) is 13.7 Å². The third kappa shape index (κ3) is 4.93. The Labute approximate surface area is 126 Å². The van der Waals surface area contributed by atoms with E-state index in [0.717, 1.165) is 5.56 Å². The van der Waals surface area contributed by atoms with Crippen LogP contribution < -0.4 is 10.1 Å². The van der Waals surface area contributed by atoms with Crippen LogP contribution in [0, 0.1) is 0 Å². The van der Waals surface area contributed by atoms with Crippen molar-refractivity contribution in [2.24, 2.45) is 0 Å². The quantitative estimate of drug-likeness (QED) is 0.894. The van der Waals surface area contributed by atoms with Crippen LogP contribution in [-0.2, 0) is 10.2 Å². The summed E-state index contributed by atoms with van der Waals surface area (Å²) in [4.78, 5) is 11.8. The van der Waals surface area contributed by atoms with Gasteiger partial charge >= 0.3 is 6.09 Å². The van der Waals surface area contributed by atoms with Gasteiger partial charge in [-0.25, -0.2) is 4.79 Å². The lowest BCUT2D eigenvalue weighted by atomic mass is 9.85. The highest BCUT2D eigenvalue weighted by Crippen LogP contribution is 2.33. The third-order valence-corrected chi connectivity index (χ3v) is 2.97. The van der Waals surface area contributed by atoms with Gasteiger partial charge in [0.15, 0.2) is 0 Å². The van der Waals surface area contributed by atoms with E-state index in [1.165, 1.54) is 0 Å². The molecule has 0 saturated carbocycles. The fourth-order valence-corrected chi connectivity index (χ4v) is 1.83. The summed E-state index contributed by atoms with van der Waals surface area (Å²) < 4.78 is 10.6. The molecule has 0 fully saturated rings. The Kier molecular flexibility index (Phi) is 5.23. The van der Waals surface area contributed by atoms with Gasteiger partial charge in [0.1, 0.15) is 11.4 Å². The number of methoxy groups -OCH3 is 1. The van der Waals surface area contributed by atoms with Crippen molar-refractivity contribution >= 4 is 11.8 Å². The molecule has 0 aliphatic heterocycles. The Morgan fingerprint density at radius 2 is 1.86 bits per heavy atom. The smallest absolute Gasteiger partial charge is 0.412 e. The molecule has 0 saturated heterocycles. The number of benzene rings is 1. The summed E-state index contributed by atoms with van der Waals surface area (Å²) in [7, 11) is 1.56. The Morgan fingerprint density at radius 3 is 2.33 bits per heavy atom. The minimum absolute atomic E-state index is 0.00218. The molecule has 0 unspecified atom stereocenters. The monoisotopic (exact) mass is 295 g/mol. The van der Waals surface area contributed by atoms with E-state index in [0.29, 0.717) is 11.4 Å². The molecule has 2 N–H and O–H groups in total. The summed E-state index contributed by atoms with van der Waals surface area (Å²) in [6.45, 7) is 9.26. The molecule has 1 rings (SSSR count). The van der Waals surface area contributed by atoms with E-state index in [1.807, 2.05) is 19.9 Å². The van der Waals surface area contributed by atoms with Gasteiger partial charge in [-0.2, -0.15) is 0 Å². The Morgan fingerprint density at radius 1 is 1.24 bits per heavy atom. The highest BCUT2D eigenvalue weighted by Gasteiger charge is 2.24. The normalized spacial score (nSPS) is 12.0. The molecular weight excluding hydrogens is 270 g/mol. The predicted molar refractivity (Wildman–Crippen MR) is 83.0 cm³/mol. The zero-order valence-electron chi connectivity index (χ0n) is 13.6. The first-order valence-electron chi connectivity index (χ1n) is 6.88. The van der Waals surface area contributed by atoms with Gasteiger partial charge in [0.25, 0.3) is 0 Å². The van der Waals surface area contributed by atoms with E-state index in [-0.39, 0.29) is 6.61 Å². The van der Waals surface area contributed by atoms with Crippen molar-refractivity contribution < 1.29 is 19.4 Å². The number of carbonyl (C=O) groups excluding carboxylic acids is 1. The fraction of sp³-hybridized carbons (Fsp3) is 0.562. The summed E-state index contributed by atoms with van der Waals surface area (Å²) in [6.07, 6.45) is -0.515. The lowest BCUT2D eigenvalue weighted by molar-refractivity contribution is 0.0636. The van der Waals surface area contributed by atoms with Gasteiger partial charge < -0.3 is 14.6 Å². The maximum Gasteiger partial charge on any atom is 0.412 e. The predicted octanol–water partition coefficient (Wildman–Crippen LogP) is 3.31. The molecule has 0 atom stereocenters. The van der Waals surface area contributed by atoms with E-state index in [2.05, 4.69) is 5.32 Å². The number of nitrogens with one attached hydrogen (secondary N) is 1. The summed E-state index contributed by atoms with van der Waals surface area (Å²) >= 11 is 0. The van der Waals surface area contributed by atoms with Gasteiger partial charge in [0.2, 0.25) is 0 Å². The lowest BCUT2D eigenvalue weighted by Crippen LogP contribution is -2.27. The number of anilines is 1. The standard InChI is InChI=1S/C16H25NO4/c1-15(2,3)21-14(19)17-11-7-8-12(13(9-11)20-6)16(4,5)10-18/h7-9,18H,10H2,1-6H3,(H,17,19). The SMILES string of the molecule is COc1cc(NC(=O)OC(C)(C)C)ccc1C(C)(C)CO. The number of hydrogen-bond donors (Lipinski definition) is 2. The van der Waals surface area contributed by atoms with Crippen LogP contribution in [0.4, 0.5) is 10.5 Å². The molecule has 1 aromatic carbocycles. The van der Waals surface area contributed by atoms with Crippen molar-refractivity contribution in [2.75, 3.05) is 19.0 Å². The Bertz CT molecular complexity index is 503. The van der Waals surface area contributed by atoms with E-state index < -0.39 is 17.1 Å². The summed E-state index contributed by atoms with van der Waals surface area (Å²) in [5.74, 6) is 0.614. The second kappa shape index (κ2) is 6.35. The van der Waals surface area contributed by atoms with Crippen LogP contribution in [-0.4, -0.2) is 30.5 Å². The van der Waals surface area contributed by atoms with Crippen molar-refractivity contribution in [3.05, 3.63) is 23.8 Å². The number of rotatable bonds is 4. The summed E-state index contributed by atoms with van der Waals surface area (Å²) in [5, 5.41) is 12.1. The van der Waals surface area contributed by atoms with Gasteiger partial charge in [-0.05, 0) is 26.8 Å². The van der Waals surface area contributed by atoms with Crippen molar-refractivity contribution in [1.82, 2.24) is 0 Å². The number of aliphatic hydroxyl groups excluding tert-OH is 1. The molecule has 0 aliphatic carbocycles. The molecule has 5 nitrogen and oxygen atoms in total. The molecule has 21 heavy (non-hydrogen) atoms. The first-order valence-corrected chi connectivity index (χ1v) is 6.88. The molecular formula is C16H25NO4. The van der Waals surface area contributed by atoms with Crippen LogP contribution in [0.25, 0.3) is 0 Å². The van der Waals surface area contributed by atoms with Crippen molar-refractivity contribution in [3.63, 3.8) is 0 Å². The molecule has 1 aromatic rings. The second-order valence-corrected chi connectivity index (χ2v) is 6.58. The molecule has 118 valence electrons. The topological polar surface area (TPSA) is 67.8 Å².